The van der Waals surface area contributed by atoms with Crippen LogP contribution in [0.25, 0.3) is 11.0 Å². The molecule has 1 N–H and O–H groups in total. The lowest BCUT2D eigenvalue weighted by Crippen LogP contribution is -2.24. The van der Waals surface area contributed by atoms with Gasteiger partial charge in [-0.1, -0.05) is 24.3 Å². The highest BCUT2D eigenvalue weighted by atomic mass is 16.4. The fourth-order valence-electron chi connectivity index (χ4n) is 3.35. The molecule has 24 heavy (non-hydrogen) atoms. The number of benzene rings is 2. The van der Waals surface area contributed by atoms with Crippen LogP contribution in [0, 0.1) is 6.92 Å². The molecule has 0 amide bonds. The van der Waals surface area contributed by atoms with Crippen molar-refractivity contribution in [2.45, 2.75) is 19.9 Å². The van der Waals surface area contributed by atoms with Gasteiger partial charge in [0.05, 0.1) is 11.4 Å². The van der Waals surface area contributed by atoms with Crippen molar-refractivity contribution in [3.63, 3.8) is 0 Å². The van der Waals surface area contributed by atoms with Gasteiger partial charge in [-0.25, -0.2) is 4.79 Å². The van der Waals surface area contributed by atoms with Crippen molar-refractivity contribution in [2.24, 2.45) is 0 Å². The van der Waals surface area contributed by atoms with E-state index in [-0.39, 0.29) is 5.63 Å². The smallest absolute Gasteiger partial charge is 0.336 e. The summed E-state index contributed by atoms with van der Waals surface area (Å²) in [4.78, 5) is 14.3. The predicted molar refractivity (Wildman–Crippen MR) is 97.8 cm³/mol. The largest absolute Gasteiger partial charge is 0.423 e. The van der Waals surface area contributed by atoms with Gasteiger partial charge in [0.2, 0.25) is 0 Å². The lowest BCUT2D eigenvalue weighted by atomic mass is 10.1. The van der Waals surface area contributed by atoms with E-state index in [9.17, 15) is 4.79 Å². The Kier molecular flexibility index (Phi) is 3.73. The minimum absolute atomic E-state index is 0.288. The normalized spacial score (nSPS) is 14.1. The third-order valence-electron chi connectivity index (χ3n) is 4.51. The summed E-state index contributed by atoms with van der Waals surface area (Å²) < 4.78 is 5.38. The summed E-state index contributed by atoms with van der Waals surface area (Å²) in [6.45, 7) is 4.62. The van der Waals surface area contributed by atoms with Crippen molar-refractivity contribution < 1.29 is 4.42 Å². The summed E-state index contributed by atoms with van der Waals surface area (Å²) in [5.41, 5.74) is 4.81. The van der Waals surface area contributed by atoms with Crippen LogP contribution >= 0.6 is 0 Å². The SMILES string of the molecule is Cc1ccc2c(CN3CCCNc4ccccc43)cc(=O)oc2c1. The Morgan fingerprint density at radius 2 is 2.04 bits per heavy atom. The number of fused-ring (bicyclic) bond motifs is 2. The maximum Gasteiger partial charge on any atom is 0.336 e. The zero-order valence-electron chi connectivity index (χ0n) is 13.7. The van der Waals surface area contributed by atoms with Gasteiger partial charge < -0.3 is 14.6 Å². The lowest BCUT2D eigenvalue weighted by Gasteiger charge is -2.25. The fraction of sp³-hybridized carbons (Fsp3) is 0.250. The van der Waals surface area contributed by atoms with Gasteiger partial charge in [0.1, 0.15) is 5.58 Å². The molecule has 122 valence electrons. The number of hydrogen-bond donors (Lipinski definition) is 1. The number of nitrogens with one attached hydrogen (secondary N) is 1. The molecule has 4 nitrogen and oxygen atoms in total. The molecule has 0 saturated heterocycles. The molecular formula is C20H20N2O2. The molecule has 1 aliphatic heterocycles. The monoisotopic (exact) mass is 320 g/mol. The van der Waals surface area contributed by atoms with E-state index < -0.39 is 0 Å². The zero-order valence-corrected chi connectivity index (χ0v) is 13.7. The molecule has 1 aromatic heterocycles. The second kappa shape index (κ2) is 6.04. The molecule has 0 aliphatic carbocycles. The van der Waals surface area contributed by atoms with Crippen molar-refractivity contribution >= 4 is 22.3 Å². The van der Waals surface area contributed by atoms with Crippen molar-refractivity contribution in [1.29, 1.82) is 0 Å². The van der Waals surface area contributed by atoms with E-state index in [4.69, 9.17) is 4.42 Å². The number of nitrogens with zero attached hydrogens (tertiary/aromatic N) is 1. The van der Waals surface area contributed by atoms with Crippen LogP contribution in [-0.2, 0) is 6.54 Å². The van der Waals surface area contributed by atoms with Gasteiger partial charge in [0.25, 0.3) is 0 Å². The first-order valence-corrected chi connectivity index (χ1v) is 8.32. The van der Waals surface area contributed by atoms with Crippen LogP contribution in [-0.4, -0.2) is 13.1 Å². The molecule has 0 spiro atoms. The van der Waals surface area contributed by atoms with Gasteiger partial charge in [-0.3, -0.25) is 0 Å². The Labute approximate surface area is 140 Å². The average molecular weight is 320 g/mol. The van der Waals surface area contributed by atoms with E-state index in [1.54, 1.807) is 6.07 Å². The van der Waals surface area contributed by atoms with E-state index in [0.717, 1.165) is 41.7 Å². The molecule has 0 unspecified atom stereocenters. The fourth-order valence-corrected chi connectivity index (χ4v) is 3.35. The first-order chi connectivity index (χ1) is 11.7. The number of rotatable bonds is 2. The van der Waals surface area contributed by atoms with E-state index >= 15 is 0 Å². The molecular weight excluding hydrogens is 300 g/mol. The molecule has 3 aromatic rings. The number of para-hydroxylation sites is 2. The molecule has 2 heterocycles. The second-order valence-electron chi connectivity index (χ2n) is 6.31. The molecule has 0 radical (unpaired) electrons. The van der Waals surface area contributed by atoms with Crippen LogP contribution < -0.4 is 15.8 Å². The van der Waals surface area contributed by atoms with Crippen LogP contribution in [0.3, 0.4) is 0 Å². The highest BCUT2D eigenvalue weighted by Crippen LogP contribution is 2.30. The molecule has 4 rings (SSSR count). The minimum atomic E-state index is -0.288. The predicted octanol–water partition coefficient (Wildman–Crippen LogP) is 3.92. The van der Waals surface area contributed by atoms with Crippen molar-refractivity contribution in [3.05, 3.63) is 70.1 Å². The summed E-state index contributed by atoms with van der Waals surface area (Å²) in [7, 11) is 0. The van der Waals surface area contributed by atoms with Crippen LogP contribution in [0.5, 0.6) is 0 Å². The van der Waals surface area contributed by atoms with Crippen LogP contribution in [0.15, 0.2) is 57.7 Å². The number of anilines is 2. The highest BCUT2D eigenvalue weighted by molar-refractivity contribution is 5.81. The molecule has 4 heteroatoms. The average Bonchev–Trinajstić information content (AvgIpc) is 2.77. The zero-order chi connectivity index (χ0) is 16.5. The van der Waals surface area contributed by atoms with Crippen molar-refractivity contribution in [2.75, 3.05) is 23.3 Å². The first kappa shape index (κ1) is 14.8. The molecule has 0 bridgehead atoms. The summed E-state index contributed by atoms with van der Waals surface area (Å²) in [5.74, 6) is 0. The summed E-state index contributed by atoms with van der Waals surface area (Å²) in [6.07, 6.45) is 1.06. The van der Waals surface area contributed by atoms with E-state index in [1.807, 2.05) is 25.1 Å². The van der Waals surface area contributed by atoms with Gasteiger partial charge >= 0.3 is 5.63 Å². The number of aryl methyl sites for hydroxylation is 1. The van der Waals surface area contributed by atoms with Gasteiger partial charge in [-0.15, -0.1) is 0 Å². The topological polar surface area (TPSA) is 45.5 Å². The highest BCUT2D eigenvalue weighted by Gasteiger charge is 2.16. The van der Waals surface area contributed by atoms with Crippen LogP contribution in [0.1, 0.15) is 17.5 Å². The van der Waals surface area contributed by atoms with Crippen LogP contribution in [0.4, 0.5) is 11.4 Å². The Hall–Kier alpha value is -2.75. The molecule has 0 fully saturated rings. The van der Waals surface area contributed by atoms with Crippen molar-refractivity contribution in [3.8, 4) is 0 Å². The maximum atomic E-state index is 12.0. The van der Waals surface area contributed by atoms with Gasteiger partial charge in [-0.05, 0) is 42.7 Å². The van der Waals surface area contributed by atoms with Gasteiger partial charge in [0.15, 0.2) is 0 Å². The molecule has 0 saturated carbocycles. The number of hydrogen-bond acceptors (Lipinski definition) is 4. The lowest BCUT2D eigenvalue weighted by molar-refractivity contribution is 0.558. The third-order valence-corrected chi connectivity index (χ3v) is 4.51. The second-order valence-corrected chi connectivity index (χ2v) is 6.31. The van der Waals surface area contributed by atoms with Gasteiger partial charge in [0, 0.05) is 31.1 Å². The van der Waals surface area contributed by atoms with E-state index in [2.05, 4.69) is 34.5 Å². The quantitative estimate of drug-likeness (QED) is 0.727. The minimum Gasteiger partial charge on any atom is -0.423 e. The van der Waals surface area contributed by atoms with Gasteiger partial charge in [-0.2, -0.15) is 0 Å². The van der Waals surface area contributed by atoms with E-state index in [0.29, 0.717) is 12.1 Å². The summed E-state index contributed by atoms with van der Waals surface area (Å²) >= 11 is 0. The Bertz CT molecular complexity index is 946. The third kappa shape index (κ3) is 2.75. The molecule has 0 atom stereocenters. The summed E-state index contributed by atoms with van der Waals surface area (Å²) in [5, 5.41) is 4.48. The summed E-state index contributed by atoms with van der Waals surface area (Å²) in [6, 6.07) is 16.0. The first-order valence-electron chi connectivity index (χ1n) is 8.32. The van der Waals surface area contributed by atoms with E-state index in [1.165, 1.54) is 5.69 Å². The maximum absolute atomic E-state index is 12.0. The Balaban J connectivity index is 1.78. The van der Waals surface area contributed by atoms with Crippen LogP contribution in [0.2, 0.25) is 0 Å². The molecule has 2 aromatic carbocycles. The Morgan fingerprint density at radius 3 is 2.96 bits per heavy atom. The van der Waals surface area contributed by atoms with Crippen molar-refractivity contribution in [1.82, 2.24) is 0 Å². The Morgan fingerprint density at radius 1 is 1.17 bits per heavy atom. The standard InChI is InChI=1S/C20H20N2O2/c1-14-7-8-16-15(12-20(23)24-19(16)11-14)13-22-10-4-9-21-17-5-2-3-6-18(17)22/h2-3,5-8,11-12,21H,4,9-10,13H2,1H3. The molecule has 1 aliphatic rings.